The van der Waals surface area contributed by atoms with Gasteiger partial charge in [-0.3, -0.25) is 14.8 Å². The van der Waals surface area contributed by atoms with Crippen molar-refractivity contribution in [2.75, 3.05) is 18.4 Å². The lowest BCUT2D eigenvalue weighted by atomic mass is 10.00. The zero-order chi connectivity index (χ0) is 18.9. The van der Waals surface area contributed by atoms with Crippen LogP contribution in [0.25, 0.3) is 11.1 Å². The van der Waals surface area contributed by atoms with Gasteiger partial charge in [-0.2, -0.15) is 0 Å². The summed E-state index contributed by atoms with van der Waals surface area (Å²) in [5.41, 5.74) is 4.86. The predicted octanol–water partition coefficient (Wildman–Crippen LogP) is 4.38. The first-order chi connectivity index (χ1) is 13.8. The largest absolute Gasteiger partial charge is 0.341 e. The van der Waals surface area contributed by atoms with Gasteiger partial charge < -0.3 is 10.2 Å². The normalized spacial score (nSPS) is 15.7. The monoisotopic (exact) mass is 402 g/mol. The minimum Gasteiger partial charge on any atom is -0.341 e. The van der Waals surface area contributed by atoms with E-state index < -0.39 is 0 Å². The van der Waals surface area contributed by atoms with Crippen molar-refractivity contribution in [2.24, 2.45) is 4.99 Å². The molecule has 0 saturated heterocycles. The second kappa shape index (κ2) is 7.89. The van der Waals surface area contributed by atoms with Crippen molar-refractivity contribution in [3.8, 4) is 11.1 Å². The van der Waals surface area contributed by atoms with Crippen LogP contribution in [0.15, 0.2) is 89.9 Å². The quantitative estimate of drug-likeness (QED) is 0.521. The molecular formula is C23H19ClN4O. The summed E-state index contributed by atoms with van der Waals surface area (Å²) in [6.45, 7) is 1.48. The Hall–Kier alpha value is -3.44. The summed E-state index contributed by atoms with van der Waals surface area (Å²) in [5.74, 6) is 1.59. The fraction of sp³-hybridized carbons (Fsp3) is 0.0870. The third-order valence-corrected chi connectivity index (χ3v) is 4.98. The number of halogens is 1. The lowest BCUT2D eigenvalue weighted by Gasteiger charge is -2.31. The maximum atomic E-state index is 12.7. The summed E-state index contributed by atoms with van der Waals surface area (Å²) < 4.78 is 0. The fourth-order valence-corrected chi connectivity index (χ4v) is 3.60. The lowest BCUT2D eigenvalue weighted by Crippen LogP contribution is -2.36. The highest BCUT2D eigenvalue weighted by atomic mass is 35.5. The van der Waals surface area contributed by atoms with Crippen LogP contribution in [0.3, 0.4) is 0 Å². The zero-order valence-electron chi connectivity index (χ0n) is 15.6. The number of allylic oxidation sites excluding steroid dienone is 1. The third kappa shape index (κ3) is 3.52. The molecule has 144 valence electrons. The Morgan fingerprint density at radius 3 is 2.69 bits per heavy atom. The maximum Gasteiger partial charge on any atom is 0.191 e. The number of hydrogen-bond donors (Lipinski definition) is 1. The van der Waals surface area contributed by atoms with Gasteiger partial charge in [0.15, 0.2) is 5.78 Å². The Morgan fingerprint density at radius 1 is 1.03 bits per heavy atom. The first kappa shape index (κ1) is 18.9. The molecule has 0 saturated carbocycles. The highest BCUT2D eigenvalue weighted by molar-refractivity contribution is 6.10. The van der Waals surface area contributed by atoms with Crippen molar-refractivity contribution in [1.29, 1.82) is 0 Å². The van der Waals surface area contributed by atoms with Gasteiger partial charge in [0, 0.05) is 36.1 Å². The number of pyridine rings is 1. The highest BCUT2D eigenvalue weighted by Gasteiger charge is 2.30. The number of nitrogens with one attached hydrogen (secondary N) is 1. The molecule has 0 spiro atoms. The SMILES string of the molecule is Cl.O=C(C=C1Nc2cc(-c3ccccc3)ccc2C2=NCCN12)c1cccnc1. The molecule has 0 amide bonds. The van der Waals surface area contributed by atoms with Crippen molar-refractivity contribution in [3.63, 3.8) is 0 Å². The van der Waals surface area contributed by atoms with E-state index in [9.17, 15) is 4.79 Å². The van der Waals surface area contributed by atoms with E-state index in [4.69, 9.17) is 0 Å². The number of benzene rings is 2. The molecule has 2 aliphatic heterocycles. The molecule has 2 aliphatic rings. The van der Waals surface area contributed by atoms with Crippen LogP contribution >= 0.6 is 12.4 Å². The summed E-state index contributed by atoms with van der Waals surface area (Å²) in [6, 6.07) is 20.1. The van der Waals surface area contributed by atoms with Crippen molar-refractivity contribution < 1.29 is 4.79 Å². The number of rotatable bonds is 3. The Bertz CT molecular complexity index is 1110. The van der Waals surface area contributed by atoms with E-state index in [-0.39, 0.29) is 18.2 Å². The fourth-order valence-electron chi connectivity index (χ4n) is 3.60. The Kier molecular flexibility index (Phi) is 5.14. The molecule has 2 aromatic carbocycles. The maximum absolute atomic E-state index is 12.7. The van der Waals surface area contributed by atoms with E-state index in [1.807, 2.05) is 18.2 Å². The van der Waals surface area contributed by atoms with Gasteiger partial charge in [0.05, 0.1) is 12.2 Å². The van der Waals surface area contributed by atoms with E-state index in [0.717, 1.165) is 47.1 Å². The van der Waals surface area contributed by atoms with Crippen LogP contribution < -0.4 is 5.32 Å². The number of hydrogen-bond acceptors (Lipinski definition) is 5. The van der Waals surface area contributed by atoms with Crippen LogP contribution in [0.1, 0.15) is 15.9 Å². The standard InChI is InChI=1S/C23H18N4O.ClH/c28-21(18-7-4-10-24-15-18)14-22-26-20-13-17(16-5-2-1-3-6-16)8-9-19(20)23-25-11-12-27(22)23;/h1-10,13-15,26H,11-12H2;1H. The minimum atomic E-state index is -0.0792. The van der Waals surface area contributed by atoms with Gasteiger partial charge in [-0.1, -0.05) is 36.4 Å². The number of carbonyl (C=O) groups excluding carboxylic acids is 1. The summed E-state index contributed by atoms with van der Waals surface area (Å²) in [5, 5.41) is 3.44. The molecule has 1 aromatic heterocycles. The molecule has 0 aliphatic carbocycles. The molecule has 1 N–H and O–H groups in total. The number of ketones is 1. The van der Waals surface area contributed by atoms with Gasteiger partial charge in [-0.25, -0.2) is 0 Å². The number of fused-ring (bicyclic) bond motifs is 3. The molecule has 29 heavy (non-hydrogen) atoms. The van der Waals surface area contributed by atoms with Crippen LogP contribution in [0.5, 0.6) is 0 Å². The number of nitrogens with zero attached hydrogens (tertiary/aromatic N) is 3. The molecule has 3 aromatic rings. The van der Waals surface area contributed by atoms with Crippen LogP contribution in [0, 0.1) is 0 Å². The molecule has 5 nitrogen and oxygen atoms in total. The number of amidine groups is 1. The Labute approximate surface area is 175 Å². The molecule has 0 atom stereocenters. The van der Waals surface area contributed by atoms with E-state index in [1.54, 1.807) is 30.6 Å². The number of aliphatic imine (C=N–C) groups is 1. The molecular weight excluding hydrogens is 384 g/mol. The van der Waals surface area contributed by atoms with E-state index >= 15 is 0 Å². The first-order valence-corrected chi connectivity index (χ1v) is 9.24. The van der Waals surface area contributed by atoms with E-state index in [0.29, 0.717) is 5.56 Å². The molecule has 0 bridgehead atoms. The van der Waals surface area contributed by atoms with Gasteiger partial charge in [0.2, 0.25) is 0 Å². The summed E-state index contributed by atoms with van der Waals surface area (Å²) in [7, 11) is 0. The van der Waals surface area contributed by atoms with Gasteiger partial charge >= 0.3 is 0 Å². The molecule has 5 rings (SSSR count). The van der Waals surface area contributed by atoms with Crippen LogP contribution in [-0.4, -0.2) is 34.6 Å². The van der Waals surface area contributed by atoms with Crippen LogP contribution in [-0.2, 0) is 0 Å². The van der Waals surface area contributed by atoms with Crippen LogP contribution in [0.4, 0.5) is 5.69 Å². The summed E-state index contributed by atoms with van der Waals surface area (Å²) in [4.78, 5) is 23.5. The lowest BCUT2D eigenvalue weighted by molar-refractivity contribution is 0.104. The molecule has 0 fully saturated rings. The topological polar surface area (TPSA) is 57.6 Å². The van der Waals surface area contributed by atoms with Gasteiger partial charge in [-0.05, 0) is 35.4 Å². The van der Waals surface area contributed by atoms with Gasteiger partial charge in [0.25, 0.3) is 0 Å². The van der Waals surface area contributed by atoms with E-state index in [1.165, 1.54) is 0 Å². The van der Waals surface area contributed by atoms with Gasteiger partial charge in [0.1, 0.15) is 11.7 Å². The first-order valence-electron chi connectivity index (χ1n) is 9.24. The minimum absolute atomic E-state index is 0. The highest BCUT2D eigenvalue weighted by Crippen LogP contribution is 2.33. The number of aromatic nitrogens is 1. The molecule has 0 radical (unpaired) electrons. The van der Waals surface area contributed by atoms with Gasteiger partial charge in [-0.15, -0.1) is 12.4 Å². The molecule has 6 heteroatoms. The van der Waals surface area contributed by atoms with E-state index in [2.05, 4.69) is 50.5 Å². The second-order valence-corrected chi connectivity index (χ2v) is 6.74. The predicted molar refractivity (Wildman–Crippen MR) is 118 cm³/mol. The van der Waals surface area contributed by atoms with Crippen molar-refractivity contribution >= 4 is 29.7 Å². The Balaban J connectivity index is 0.00000205. The summed E-state index contributed by atoms with van der Waals surface area (Å²) in [6.07, 6.45) is 4.88. The van der Waals surface area contributed by atoms with Crippen molar-refractivity contribution in [1.82, 2.24) is 9.88 Å². The average Bonchev–Trinajstić information content (AvgIpc) is 3.25. The summed E-state index contributed by atoms with van der Waals surface area (Å²) >= 11 is 0. The smallest absolute Gasteiger partial charge is 0.191 e. The number of carbonyl (C=O) groups is 1. The molecule has 0 unspecified atom stereocenters. The number of anilines is 1. The average molecular weight is 403 g/mol. The Morgan fingerprint density at radius 2 is 1.90 bits per heavy atom. The third-order valence-electron chi connectivity index (χ3n) is 4.98. The van der Waals surface area contributed by atoms with Crippen molar-refractivity contribution in [3.05, 3.63) is 96.1 Å². The van der Waals surface area contributed by atoms with Crippen molar-refractivity contribution in [2.45, 2.75) is 0 Å². The zero-order valence-corrected chi connectivity index (χ0v) is 16.4. The second-order valence-electron chi connectivity index (χ2n) is 6.74. The molecule has 3 heterocycles. The van der Waals surface area contributed by atoms with Crippen LogP contribution in [0.2, 0.25) is 0 Å².